The van der Waals surface area contributed by atoms with Gasteiger partial charge in [-0.25, -0.2) is 4.39 Å². The van der Waals surface area contributed by atoms with Gasteiger partial charge < -0.3 is 10.0 Å². The molecular formula is C14H18FNO2. The zero-order valence-electron chi connectivity index (χ0n) is 10.7. The minimum absolute atomic E-state index is 0.0329. The van der Waals surface area contributed by atoms with Crippen molar-refractivity contribution in [2.75, 3.05) is 13.1 Å². The number of carbonyl (C=O) groups excluding carboxylic acids is 1. The summed E-state index contributed by atoms with van der Waals surface area (Å²) in [4.78, 5) is 13.9. The number of rotatable bonds is 1. The lowest BCUT2D eigenvalue weighted by Crippen LogP contribution is -2.43. The summed E-state index contributed by atoms with van der Waals surface area (Å²) in [5.41, 5.74) is 0.117. The molecule has 0 saturated carbocycles. The van der Waals surface area contributed by atoms with Crippen molar-refractivity contribution in [3.8, 4) is 5.75 Å². The van der Waals surface area contributed by atoms with Gasteiger partial charge in [-0.05, 0) is 30.4 Å². The molecule has 4 heteroatoms. The van der Waals surface area contributed by atoms with E-state index < -0.39 is 5.82 Å². The summed E-state index contributed by atoms with van der Waals surface area (Å²) in [7, 11) is 0. The van der Waals surface area contributed by atoms with E-state index in [2.05, 4.69) is 13.8 Å². The Labute approximate surface area is 106 Å². The van der Waals surface area contributed by atoms with E-state index in [0.29, 0.717) is 13.1 Å². The average Bonchev–Trinajstić information content (AvgIpc) is 2.27. The first-order valence-corrected chi connectivity index (χ1v) is 6.17. The lowest BCUT2D eigenvalue weighted by molar-refractivity contribution is 0.0579. The zero-order valence-corrected chi connectivity index (χ0v) is 10.7. The highest BCUT2D eigenvalue weighted by molar-refractivity contribution is 5.94. The fourth-order valence-corrected chi connectivity index (χ4v) is 2.44. The number of hydrogen-bond acceptors (Lipinski definition) is 2. The van der Waals surface area contributed by atoms with Gasteiger partial charge in [-0.15, -0.1) is 0 Å². The highest BCUT2D eigenvalue weighted by Crippen LogP contribution is 2.29. The highest BCUT2D eigenvalue weighted by Gasteiger charge is 2.30. The maximum atomic E-state index is 13.6. The summed E-state index contributed by atoms with van der Waals surface area (Å²) < 4.78 is 13.6. The van der Waals surface area contributed by atoms with Crippen LogP contribution >= 0.6 is 0 Å². The number of benzene rings is 1. The van der Waals surface area contributed by atoms with Crippen molar-refractivity contribution in [2.24, 2.45) is 5.41 Å². The van der Waals surface area contributed by atoms with Crippen LogP contribution in [-0.2, 0) is 0 Å². The topological polar surface area (TPSA) is 40.5 Å². The number of phenols is 1. The number of halogens is 1. The lowest BCUT2D eigenvalue weighted by Gasteiger charge is -2.38. The van der Waals surface area contributed by atoms with Crippen molar-refractivity contribution in [3.63, 3.8) is 0 Å². The number of carbonyl (C=O) groups is 1. The van der Waals surface area contributed by atoms with Crippen molar-refractivity contribution < 1.29 is 14.3 Å². The molecule has 0 radical (unpaired) electrons. The van der Waals surface area contributed by atoms with Crippen molar-refractivity contribution >= 4 is 5.91 Å². The van der Waals surface area contributed by atoms with E-state index in [1.165, 1.54) is 12.1 Å². The number of piperidine rings is 1. The molecule has 1 fully saturated rings. The summed E-state index contributed by atoms with van der Waals surface area (Å²) in [6.07, 6.45) is 2.02. The second-order valence-corrected chi connectivity index (χ2v) is 5.66. The average molecular weight is 251 g/mol. The second-order valence-electron chi connectivity index (χ2n) is 5.66. The number of amides is 1. The quantitative estimate of drug-likeness (QED) is 0.833. The van der Waals surface area contributed by atoms with Gasteiger partial charge in [0.1, 0.15) is 11.6 Å². The van der Waals surface area contributed by atoms with E-state index in [-0.39, 0.29) is 22.6 Å². The first kappa shape index (κ1) is 12.9. The molecule has 0 atom stereocenters. The van der Waals surface area contributed by atoms with Crippen molar-refractivity contribution in [3.05, 3.63) is 29.6 Å². The van der Waals surface area contributed by atoms with E-state index in [0.717, 1.165) is 18.9 Å². The van der Waals surface area contributed by atoms with Crippen LogP contribution in [0.15, 0.2) is 18.2 Å². The standard InChI is InChI=1S/C14H18FNO2/c1-14(2)6-3-7-16(9-14)13(18)11-5-4-10(17)8-12(11)15/h4-5,8,17H,3,6-7,9H2,1-2H3. The molecule has 1 heterocycles. The highest BCUT2D eigenvalue weighted by atomic mass is 19.1. The summed E-state index contributed by atoms with van der Waals surface area (Å²) in [6.45, 7) is 5.54. The summed E-state index contributed by atoms with van der Waals surface area (Å²) in [6, 6.07) is 3.66. The summed E-state index contributed by atoms with van der Waals surface area (Å²) >= 11 is 0. The van der Waals surface area contributed by atoms with Crippen LogP contribution in [0.3, 0.4) is 0 Å². The minimum atomic E-state index is -0.664. The molecule has 1 N–H and O–H groups in total. The molecule has 2 rings (SSSR count). The largest absolute Gasteiger partial charge is 0.508 e. The number of likely N-dealkylation sites (tertiary alicyclic amines) is 1. The van der Waals surface area contributed by atoms with Crippen molar-refractivity contribution in [1.29, 1.82) is 0 Å². The fourth-order valence-electron chi connectivity index (χ4n) is 2.44. The van der Waals surface area contributed by atoms with Crippen molar-refractivity contribution in [2.45, 2.75) is 26.7 Å². The molecule has 0 aliphatic carbocycles. The predicted octanol–water partition coefficient (Wildman–Crippen LogP) is 2.79. The maximum Gasteiger partial charge on any atom is 0.256 e. The van der Waals surface area contributed by atoms with Gasteiger partial charge in [0.15, 0.2) is 0 Å². The predicted molar refractivity (Wildman–Crippen MR) is 67.0 cm³/mol. The van der Waals surface area contributed by atoms with Crippen LogP contribution in [0.1, 0.15) is 37.0 Å². The van der Waals surface area contributed by atoms with Crippen LogP contribution in [-0.4, -0.2) is 29.0 Å². The number of aromatic hydroxyl groups is 1. The molecule has 0 spiro atoms. The maximum absolute atomic E-state index is 13.6. The molecule has 1 aliphatic heterocycles. The molecule has 1 aromatic carbocycles. The van der Waals surface area contributed by atoms with E-state index in [9.17, 15) is 9.18 Å². The van der Waals surface area contributed by atoms with Crippen LogP contribution in [0, 0.1) is 11.2 Å². The Morgan fingerprint density at radius 3 is 2.78 bits per heavy atom. The van der Waals surface area contributed by atoms with Gasteiger partial charge in [-0.2, -0.15) is 0 Å². The first-order valence-electron chi connectivity index (χ1n) is 6.17. The Balaban J connectivity index is 2.20. The van der Waals surface area contributed by atoms with E-state index in [1.54, 1.807) is 4.90 Å². The van der Waals surface area contributed by atoms with Gasteiger partial charge in [-0.3, -0.25) is 4.79 Å². The van der Waals surface area contributed by atoms with Crippen LogP contribution in [0.2, 0.25) is 0 Å². The third kappa shape index (κ3) is 2.63. The van der Waals surface area contributed by atoms with Gasteiger partial charge >= 0.3 is 0 Å². The third-order valence-corrected chi connectivity index (χ3v) is 3.37. The zero-order chi connectivity index (χ0) is 13.3. The molecule has 3 nitrogen and oxygen atoms in total. The molecule has 0 unspecified atom stereocenters. The van der Waals surface area contributed by atoms with Gasteiger partial charge in [0.2, 0.25) is 0 Å². The molecule has 0 aromatic heterocycles. The molecule has 98 valence electrons. The molecular weight excluding hydrogens is 233 g/mol. The van der Waals surface area contributed by atoms with E-state index in [1.807, 2.05) is 0 Å². The number of hydrogen-bond donors (Lipinski definition) is 1. The molecule has 18 heavy (non-hydrogen) atoms. The Bertz CT molecular complexity index is 471. The smallest absolute Gasteiger partial charge is 0.256 e. The fraction of sp³-hybridized carbons (Fsp3) is 0.500. The van der Waals surface area contributed by atoms with Crippen LogP contribution in [0.4, 0.5) is 4.39 Å². The Morgan fingerprint density at radius 1 is 1.44 bits per heavy atom. The van der Waals surface area contributed by atoms with Gasteiger partial charge in [-0.1, -0.05) is 13.8 Å². The van der Waals surface area contributed by atoms with Gasteiger partial charge in [0.25, 0.3) is 5.91 Å². The monoisotopic (exact) mass is 251 g/mol. The van der Waals surface area contributed by atoms with Crippen LogP contribution in [0.25, 0.3) is 0 Å². The SMILES string of the molecule is CC1(C)CCCN(C(=O)c2ccc(O)cc2F)C1. The van der Waals surface area contributed by atoms with Crippen LogP contribution < -0.4 is 0 Å². The molecule has 1 aromatic rings. The van der Waals surface area contributed by atoms with E-state index >= 15 is 0 Å². The molecule has 1 amide bonds. The minimum Gasteiger partial charge on any atom is -0.508 e. The number of phenolic OH excluding ortho intramolecular Hbond substituents is 1. The second kappa shape index (κ2) is 4.59. The molecule has 0 bridgehead atoms. The first-order chi connectivity index (χ1) is 8.39. The Kier molecular flexibility index (Phi) is 3.28. The van der Waals surface area contributed by atoms with Gasteiger partial charge in [0.05, 0.1) is 5.56 Å². The summed E-state index contributed by atoms with van der Waals surface area (Å²) in [5.74, 6) is -1.12. The van der Waals surface area contributed by atoms with Gasteiger partial charge in [0, 0.05) is 19.2 Å². The number of nitrogens with zero attached hydrogens (tertiary/aromatic N) is 1. The molecule has 1 aliphatic rings. The van der Waals surface area contributed by atoms with E-state index in [4.69, 9.17) is 5.11 Å². The third-order valence-electron chi connectivity index (χ3n) is 3.37. The molecule has 1 saturated heterocycles. The lowest BCUT2D eigenvalue weighted by atomic mass is 9.84. The van der Waals surface area contributed by atoms with Crippen LogP contribution in [0.5, 0.6) is 5.75 Å². The Hall–Kier alpha value is -1.58. The Morgan fingerprint density at radius 2 is 2.17 bits per heavy atom. The normalized spacial score (nSPS) is 18.7. The van der Waals surface area contributed by atoms with Crippen molar-refractivity contribution in [1.82, 2.24) is 4.90 Å². The summed E-state index contributed by atoms with van der Waals surface area (Å²) in [5, 5.41) is 9.15.